The molecule has 2 atom stereocenters. The first-order valence-electron chi connectivity index (χ1n) is 10.4. The first-order chi connectivity index (χ1) is 13.3. The highest BCUT2D eigenvalue weighted by atomic mass is 16.2. The van der Waals surface area contributed by atoms with Gasteiger partial charge in [-0.1, -0.05) is 12.8 Å². The standard InChI is InChI=1S/C21H32N4O3/c1-13-18(21(28)23-16(4)22-13)12-20(27)25-10-9-24(14(2)15(25)3)19(26)11-17-7-5-6-8-17/h14-15,17H,5-12H2,1-4H3,(H,22,23,28)/t14-,15+/m1/s1. The predicted octanol–water partition coefficient (Wildman–Crippen LogP) is 1.96. The molecule has 1 aromatic rings. The number of rotatable bonds is 4. The summed E-state index contributed by atoms with van der Waals surface area (Å²) in [5.74, 6) is 1.21. The molecule has 1 aliphatic carbocycles. The predicted molar refractivity (Wildman–Crippen MR) is 107 cm³/mol. The monoisotopic (exact) mass is 388 g/mol. The van der Waals surface area contributed by atoms with Crippen LogP contribution in [-0.2, 0) is 16.0 Å². The number of nitrogens with one attached hydrogen (secondary N) is 1. The molecule has 2 fully saturated rings. The van der Waals surface area contributed by atoms with Crippen LogP contribution in [0.25, 0.3) is 0 Å². The minimum Gasteiger partial charge on any atom is -0.336 e. The third kappa shape index (κ3) is 4.28. The minimum atomic E-state index is -0.246. The van der Waals surface area contributed by atoms with Crippen LogP contribution in [0.1, 0.15) is 63.0 Å². The first-order valence-corrected chi connectivity index (χ1v) is 10.4. The topological polar surface area (TPSA) is 86.4 Å². The lowest BCUT2D eigenvalue weighted by atomic mass is 9.99. The van der Waals surface area contributed by atoms with Gasteiger partial charge in [-0.2, -0.15) is 0 Å². The first kappa shape index (κ1) is 20.6. The van der Waals surface area contributed by atoms with Crippen LogP contribution >= 0.6 is 0 Å². The summed E-state index contributed by atoms with van der Waals surface area (Å²) in [6.07, 6.45) is 5.46. The molecule has 2 aliphatic rings. The number of aryl methyl sites for hydroxylation is 2. The zero-order chi connectivity index (χ0) is 20.4. The molecule has 1 saturated heterocycles. The number of hydrogen-bond donors (Lipinski definition) is 1. The fourth-order valence-electron chi connectivity index (χ4n) is 4.64. The maximum Gasteiger partial charge on any atom is 0.254 e. The zero-order valence-electron chi connectivity index (χ0n) is 17.5. The van der Waals surface area contributed by atoms with Crippen LogP contribution in [-0.4, -0.2) is 56.8 Å². The lowest BCUT2D eigenvalue weighted by Crippen LogP contribution is -2.60. The average molecular weight is 389 g/mol. The SMILES string of the molecule is Cc1nc(C)c(CC(=O)N2CCN(C(=O)CC3CCCC3)[C@H](C)[C@@H]2C)c(=O)[nH]1. The summed E-state index contributed by atoms with van der Waals surface area (Å²) in [5, 5.41) is 0. The molecular formula is C21H32N4O3. The highest BCUT2D eigenvalue weighted by Crippen LogP contribution is 2.29. The molecular weight excluding hydrogens is 356 g/mol. The van der Waals surface area contributed by atoms with Gasteiger partial charge in [0.25, 0.3) is 5.56 Å². The molecule has 2 amide bonds. The summed E-state index contributed by atoms with van der Waals surface area (Å²) in [4.78, 5) is 48.6. The Hall–Kier alpha value is -2.18. The van der Waals surface area contributed by atoms with Crippen molar-refractivity contribution in [2.45, 2.75) is 78.3 Å². The Morgan fingerprint density at radius 2 is 1.61 bits per heavy atom. The molecule has 154 valence electrons. The number of aromatic amines is 1. The van der Waals surface area contributed by atoms with Crippen molar-refractivity contribution in [2.75, 3.05) is 13.1 Å². The molecule has 0 radical (unpaired) electrons. The Bertz CT molecular complexity index is 797. The van der Waals surface area contributed by atoms with Crippen molar-refractivity contribution < 1.29 is 9.59 Å². The highest BCUT2D eigenvalue weighted by molar-refractivity contribution is 5.81. The Balaban J connectivity index is 1.64. The van der Waals surface area contributed by atoms with Crippen LogP contribution in [0.2, 0.25) is 0 Å². The van der Waals surface area contributed by atoms with Crippen LogP contribution < -0.4 is 5.56 Å². The smallest absolute Gasteiger partial charge is 0.254 e. The van der Waals surface area contributed by atoms with E-state index in [-0.39, 0.29) is 35.9 Å². The van der Waals surface area contributed by atoms with Gasteiger partial charge in [-0.25, -0.2) is 4.98 Å². The molecule has 7 heteroatoms. The van der Waals surface area contributed by atoms with Gasteiger partial charge in [-0.3, -0.25) is 14.4 Å². The number of carbonyl (C=O) groups is 2. The number of aromatic nitrogens is 2. The molecule has 1 aliphatic heterocycles. The molecule has 1 aromatic heterocycles. The van der Waals surface area contributed by atoms with E-state index in [2.05, 4.69) is 9.97 Å². The number of piperazine rings is 1. The van der Waals surface area contributed by atoms with Gasteiger partial charge in [0.2, 0.25) is 11.8 Å². The van der Waals surface area contributed by atoms with Gasteiger partial charge < -0.3 is 14.8 Å². The quantitative estimate of drug-likeness (QED) is 0.854. The van der Waals surface area contributed by atoms with Crippen molar-refractivity contribution in [1.82, 2.24) is 19.8 Å². The molecule has 28 heavy (non-hydrogen) atoms. The van der Waals surface area contributed by atoms with Crippen LogP contribution in [0.4, 0.5) is 0 Å². The Kier molecular flexibility index (Phi) is 6.20. The number of H-pyrrole nitrogens is 1. The van der Waals surface area contributed by atoms with E-state index >= 15 is 0 Å². The summed E-state index contributed by atoms with van der Waals surface area (Å²) in [6, 6.07) is -0.103. The van der Waals surface area contributed by atoms with Crippen molar-refractivity contribution in [3.63, 3.8) is 0 Å². The second kappa shape index (κ2) is 8.45. The van der Waals surface area contributed by atoms with Crippen molar-refractivity contribution in [2.24, 2.45) is 5.92 Å². The van der Waals surface area contributed by atoms with E-state index in [1.54, 1.807) is 13.8 Å². The molecule has 0 bridgehead atoms. The molecule has 1 saturated carbocycles. The van der Waals surface area contributed by atoms with E-state index in [1.165, 1.54) is 12.8 Å². The zero-order valence-corrected chi connectivity index (χ0v) is 17.5. The van der Waals surface area contributed by atoms with E-state index in [4.69, 9.17) is 0 Å². The van der Waals surface area contributed by atoms with E-state index in [0.29, 0.717) is 42.5 Å². The number of hydrogen-bond acceptors (Lipinski definition) is 4. The van der Waals surface area contributed by atoms with Gasteiger partial charge in [0.1, 0.15) is 5.82 Å². The van der Waals surface area contributed by atoms with Gasteiger partial charge in [0.05, 0.1) is 6.42 Å². The van der Waals surface area contributed by atoms with E-state index in [1.807, 2.05) is 23.6 Å². The maximum atomic E-state index is 12.9. The van der Waals surface area contributed by atoms with Crippen LogP contribution in [0, 0.1) is 19.8 Å². The highest BCUT2D eigenvalue weighted by Gasteiger charge is 2.36. The van der Waals surface area contributed by atoms with Crippen molar-refractivity contribution in [1.29, 1.82) is 0 Å². The summed E-state index contributed by atoms with van der Waals surface area (Å²) in [5.41, 5.74) is 0.778. The largest absolute Gasteiger partial charge is 0.336 e. The van der Waals surface area contributed by atoms with Crippen molar-refractivity contribution >= 4 is 11.8 Å². The second-order valence-corrected chi connectivity index (χ2v) is 8.40. The summed E-state index contributed by atoms with van der Waals surface area (Å²) < 4.78 is 0. The number of carbonyl (C=O) groups excluding carboxylic acids is 2. The van der Waals surface area contributed by atoms with Crippen LogP contribution in [0.15, 0.2) is 4.79 Å². The Morgan fingerprint density at radius 3 is 2.18 bits per heavy atom. The number of nitrogens with zero attached hydrogens (tertiary/aromatic N) is 3. The third-order valence-corrected chi connectivity index (χ3v) is 6.51. The van der Waals surface area contributed by atoms with Gasteiger partial charge in [0.15, 0.2) is 0 Å². The van der Waals surface area contributed by atoms with E-state index in [0.717, 1.165) is 12.8 Å². The van der Waals surface area contributed by atoms with E-state index < -0.39 is 0 Å². The molecule has 0 unspecified atom stereocenters. The normalized spacial score (nSPS) is 23.3. The average Bonchev–Trinajstić information content (AvgIpc) is 3.13. The molecule has 2 heterocycles. The van der Waals surface area contributed by atoms with Crippen LogP contribution in [0.3, 0.4) is 0 Å². The summed E-state index contributed by atoms with van der Waals surface area (Å²) in [6.45, 7) is 8.56. The Morgan fingerprint density at radius 1 is 1.04 bits per heavy atom. The lowest BCUT2D eigenvalue weighted by molar-refractivity contribution is -0.146. The second-order valence-electron chi connectivity index (χ2n) is 8.40. The Labute approximate surface area is 166 Å². The molecule has 0 aromatic carbocycles. The fraction of sp³-hybridized carbons (Fsp3) is 0.714. The molecule has 1 N–H and O–H groups in total. The molecule has 3 rings (SSSR count). The minimum absolute atomic E-state index is 0.0258. The van der Waals surface area contributed by atoms with Gasteiger partial charge in [-0.15, -0.1) is 0 Å². The van der Waals surface area contributed by atoms with E-state index in [9.17, 15) is 14.4 Å². The summed E-state index contributed by atoms with van der Waals surface area (Å²) >= 11 is 0. The number of amides is 2. The molecule has 0 spiro atoms. The van der Waals surface area contributed by atoms with Crippen LogP contribution in [0.5, 0.6) is 0 Å². The lowest BCUT2D eigenvalue weighted by Gasteiger charge is -2.45. The summed E-state index contributed by atoms with van der Waals surface area (Å²) in [7, 11) is 0. The molecule has 7 nitrogen and oxygen atoms in total. The maximum absolute atomic E-state index is 12.9. The van der Waals surface area contributed by atoms with Gasteiger partial charge in [0, 0.05) is 42.9 Å². The third-order valence-electron chi connectivity index (χ3n) is 6.51. The van der Waals surface area contributed by atoms with Crippen molar-refractivity contribution in [3.05, 3.63) is 27.4 Å². The van der Waals surface area contributed by atoms with Gasteiger partial charge in [-0.05, 0) is 46.5 Å². The fourth-order valence-corrected chi connectivity index (χ4v) is 4.64. The van der Waals surface area contributed by atoms with Gasteiger partial charge >= 0.3 is 0 Å². The van der Waals surface area contributed by atoms with Crippen molar-refractivity contribution in [3.8, 4) is 0 Å².